The topological polar surface area (TPSA) is 84.5 Å². The molecule has 0 saturated heterocycles. The van der Waals surface area contributed by atoms with Gasteiger partial charge >= 0.3 is 0 Å². The van der Waals surface area contributed by atoms with Crippen LogP contribution in [0.2, 0.25) is 0 Å². The number of carbonyl (C=O) groups is 1. The lowest BCUT2D eigenvalue weighted by Crippen LogP contribution is -2.28. The molecule has 0 atom stereocenters. The Balaban J connectivity index is 1.95. The Morgan fingerprint density at radius 2 is 2.08 bits per heavy atom. The first-order chi connectivity index (χ1) is 12.0. The molecule has 1 aromatic carbocycles. The molecule has 7 heteroatoms. The van der Waals surface area contributed by atoms with Gasteiger partial charge in [-0.05, 0) is 50.3 Å². The van der Waals surface area contributed by atoms with Crippen LogP contribution in [-0.2, 0) is 14.8 Å². The van der Waals surface area contributed by atoms with Gasteiger partial charge in [0.2, 0.25) is 10.0 Å². The van der Waals surface area contributed by atoms with Gasteiger partial charge in [-0.15, -0.1) is 0 Å². The van der Waals surface area contributed by atoms with Crippen molar-refractivity contribution in [3.05, 3.63) is 41.5 Å². The van der Waals surface area contributed by atoms with E-state index in [0.717, 1.165) is 19.3 Å². The molecular weight excluding hydrogens is 340 g/mol. The summed E-state index contributed by atoms with van der Waals surface area (Å²) in [5, 5.41) is 2.68. The molecule has 138 valence electrons. The van der Waals surface area contributed by atoms with Gasteiger partial charge in [-0.2, -0.15) is 0 Å². The molecule has 1 aliphatic carbocycles. The third-order valence-corrected chi connectivity index (χ3v) is 5.58. The fraction of sp³-hybridized carbons (Fsp3) is 0.500. The van der Waals surface area contributed by atoms with E-state index < -0.39 is 10.0 Å². The van der Waals surface area contributed by atoms with Crippen molar-refractivity contribution in [3.8, 4) is 0 Å². The van der Waals surface area contributed by atoms with Crippen molar-refractivity contribution in [2.75, 3.05) is 26.8 Å². The lowest BCUT2D eigenvalue weighted by molar-refractivity contribution is 0.0937. The number of hydrogen-bond donors (Lipinski definition) is 2. The van der Waals surface area contributed by atoms with Crippen LogP contribution in [0, 0.1) is 0 Å². The van der Waals surface area contributed by atoms with E-state index in [1.165, 1.54) is 30.5 Å². The first-order valence-electron chi connectivity index (χ1n) is 8.58. The average Bonchev–Trinajstić information content (AvgIpc) is 2.63. The van der Waals surface area contributed by atoms with Crippen molar-refractivity contribution in [1.82, 2.24) is 10.0 Å². The maximum Gasteiger partial charge on any atom is 0.251 e. The van der Waals surface area contributed by atoms with Crippen molar-refractivity contribution < 1.29 is 17.9 Å². The number of methoxy groups -OCH3 is 1. The molecule has 25 heavy (non-hydrogen) atoms. The zero-order chi connectivity index (χ0) is 18.1. The van der Waals surface area contributed by atoms with Crippen LogP contribution >= 0.6 is 0 Å². The molecule has 0 saturated carbocycles. The van der Waals surface area contributed by atoms with Crippen LogP contribution in [0.3, 0.4) is 0 Å². The van der Waals surface area contributed by atoms with Crippen molar-refractivity contribution >= 4 is 15.9 Å². The SMILES string of the molecule is COCCNC(=O)c1cccc(S(=O)(=O)NCCC2=CCCCC2)c1. The number of carbonyl (C=O) groups excluding carboxylic acids is 1. The van der Waals surface area contributed by atoms with E-state index in [-0.39, 0.29) is 10.8 Å². The second kappa shape index (κ2) is 9.70. The fourth-order valence-electron chi connectivity index (χ4n) is 2.73. The maximum atomic E-state index is 12.4. The maximum absolute atomic E-state index is 12.4. The summed E-state index contributed by atoms with van der Waals surface area (Å²) >= 11 is 0. The van der Waals surface area contributed by atoms with Crippen LogP contribution in [0.5, 0.6) is 0 Å². The third kappa shape index (κ3) is 6.26. The summed E-state index contributed by atoms with van der Waals surface area (Å²) in [4.78, 5) is 12.1. The average molecular weight is 366 g/mol. The second-order valence-electron chi connectivity index (χ2n) is 6.03. The Labute approximate surface area is 149 Å². The summed E-state index contributed by atoms with van der Waals surface area (Å²) in [6, 6.07) is 6.05. The number of sulfonamides is 1. The molecule has 0 aliphatic heterocycles. The Kier molecular flexibility index (Phi) is 7.61. The molecule has 1 amide bonds. The van der Waals surface area contributed by atoms with E-state index in [0.29, 0.717) is 25.3 Å². The lowest BCUT2D eigenvalue weighted by atomic mass is 9.97. The van der Waals surface area contributed by atoms with E-state index in [4.69, 9.17) is 4.74 Å². The summed E-state index contributed by atoms with van der Waals surface area (Å²) in [5.41, 5.74) is 1.63. The molecule has 0 radical (unpaired) electrons. The minimum absolute atomic E-state index is 0.101. The van der Waals surface area contributed by atoms with E-state index in [1.54, 1.807) is 19.2 Å². The summed E-state index contributed by atoms with van der Waals surface area (Å²) < 4.78 is 32.3. The number of rotatable bonds is 9. The number of benzene rings is 1. The van der Waals surface area contributed by atoms with Gasteiger partial charge in [0.25, 0.3) is 5.91 Å². The van der Waals surface area contributed by atoms with Crippen LogP contribution in [0.1, 0.15) is 42.5 Å². The van der Waals surface area contributed by atoms with Crippen LogP contribution in [0.4, 0.5) is 0 Å². The number of nitrogens with one attached hydrogen (secondary N) is 2. The normalized spacial score (nSPS) is 14.8. The van der Waals surface area contributed by atoms with Crippen LogP contribution in [-0.4, -0.2) is 41.1 Å². The Bertz CT molecular complexity index is 714. The molecule has 2 rings (SSSR count). The van der Waals surface area contributed by atoms with Crippen molar-refractivity contribution in [2.24, 2.45) is 0 Å². The van der Waals surface area contributed by atoms with Gasteiger partial charge < -0.3 is 10.1 Å². The lowest BCUT2D eigenvalue weighted by Gasteiger charge is -2.13. The van der Waals surface area contributed by atoms with Crippen molar-refractivity contribution in [3.63, 3.8) is 0 Å². The Morgan fingerprint density at radius 3 is 2.80 bits per heavy atom. The van der Waals surface area contributed by atoms with Gasteiger partial charge in [0.1, 0.15) is 0 Å². The third-order valence-electron chi connectivity index (χ3n) is 4.12. The minimum atomic E-state index is -3.62. The van der Waals surface area contributed by atoms with Gasteiger partial charge in [-0.1, -0.05) is 17.7 Å². The highest BCUT2D eigenvalue weighted by Crippen LogP contribution is 2.20. The number of allylic oxidation sites excluding steroid dienone is 1. The first kappa shape index (κ1) is 19.6. The largest absolute Gasteiger partial charge is 0.383 e. The van der Waals surface area contributed by atoms with Crippen molar-refractivity contribution in [1.29, 1.82) is 0 Å². The smallest absolute Gasteiger partial charge is 0.251 e. The van der Waals surface area contributed by atoms with Gasteiger partial charge in [0.05, 0.1) is 11.5 Å². The molecule has 6 nitrogen and oxygen atoms in total. The second-order valence-corrected chi connectivity index (χ2v) is 7.80. The fourth-order valence-corrected chi connectivity index (χ4v) is 3.81. The zero-order valence-corrected chi connectivity index (χ0v) is 15.4. The summed E-state index contributed by atoms with van der Waals surface area (Å²) in [5.74, 6) is -0.318. The van der Waals surface area contributed by atoms with E-state index in [9.17, 15) is 13.2 Å². The number of amides is 1. The van der Waals surface area contributed by atoms with Crippen LogP contribution < -0.4 is 10.0 Å². The number of ether oxygens (including phenoxy) is 1. The highest BCUT2D eigenvalue weighted by molar-refractivity contribution is 7.89. The molecule has 0 aromatic heterocycles. The predicted octanol–water partition coefficient (Wildman–Crippen LogP) is 2.23. The highest BCUT2D eigenvalue weighted by Gasteiger charge is 2.16. The Hall–Kier alpha value is -1.70. The van der Waals surface area contributed by atoms with Crippen LogP contribution in [0.25, 0.3) is 0 Å². The van der Waals surface area contributed by atoms with Gasteiger partial charge in [0, 0.05) is 25.8 Å². The van der Waals surface area contributed by atoms with Crippen molar-refractivity contribution in [2.45, 2.75) is 37.0 Å². The summed E-state index contributed by atoms with van der Waals surface area (Å²) in [7, 11) is -2.07. The molecule has 0 heterocycles. The summed E-state index contributed by atoms with van der Waals surface area (Å²) in [6.45, 7) is 1.15. The molecule has 2 N–H and O–H groups in total. The van der Waals surface area contributed by atoms with Crippen LogP contribution in [0.15, 0.2) is 40.8 Å². The highest BCUT2D eigenvalue weighted by atomic mass is 32.2. The monoisotopic (exact) mass is 366 g/mol. The molecule has 1 aromatic rings. The Morgan fingerprint density at radius 1 is 1.24 bits per heavy atom. The number of hydrogen-bond acceptors (Lipinski definition) is 4. The van der Waals surface area contributed by atoms with E-state index in [1.807, 2.05) is 0 Å². The predicted molar refractivity (Wildman–Crippen MR) is 97.0 cm³/mol. The quantitative estimate of drug-likeness (QED) is 0.518. The zero-order valence-electron chi connectivity index (χ0n) is 14.6. The molecule has 1 aliphatic rings. The van der Waals surface area contributed by atoms with Gasteiger partial charge in [-0.25, -0.2) is 13.1 Å². The summed E-state index contributed by atoms with van der Waals surface area (Å²) in [6.07, 6.45) is 7.48. The molecule has 0 fully saturated rings. The standard InChI is InChI=1S/C18H26N2O4S/c1-24-13-12-19-18(21)16-8-5-9-17(14-16)25(22,23)20-11-10-15-6-3-2-4-7-15/h5-6,8-9,14,20H,2-4,7,10-13H2,1H3,(H,19,21). The molecule has 0 bridgehead atoms. The minimum Gasteiger partial charge on any atom is -0.383 e. The first-order valence-corrected chi connectivity index (χ1v) is 10.1. The van der Waals surface area contributed by atoms with Gasteiger partial charge in [0.15, 0.2) is 0 Å². The molecular formula is C18H26N2O4S. The molecule has 0 unspecified atom stereocenters. The van der Waals surface area contributed by atoms with E-state index in [2.05, 4.69) is 16.1 Å². The molecule has 0 spiro atoms. The van der Waals surface area contributed by atoms with Gasteiger partial charge in [-0.3, -0.25) is 4.79 Å². The van der Waals surface area contributed by atoms with E-state index >= 15 is 0 Å².